The summed E-state index contributed by atoms with van der Waals surface area (Å²) >= 11 is 6.33. The van der Waals surface area contributed by atoms with Crippen molar-refractivity contribution in [2.75, 3.05) is 6.61 Å². The molecule has 3 rings (SSSR count). The maximum atomic E-state index is 6.33. The summed E-state index contributed by atoms with van der Waals surface area (Å²) in [6.07, 6.45) is 7.02. The zero-order valence-electron chi connectivity index (χ0n) is 12.6. The third-order valence-corrected chi connectivity index (χ3v) is 5.03. The number of halogens is 1. The largest absolute Gasteiger partial charge is 0.489 e. The first kappa shape index (κ1) is 15.1. The molecule has 2 fully saturated rings. The Morgan fingerprint density at radius 1 is 1.38 bits per heavy atom. The predicted octanol–water partition coefficient (Wildman–Crippen LogP) is 4.23. The molecule has 1 aliphatic carbocycles. The van der Waals surface area contributed by atoms with Crippen LogP contribution < -0.4 is 10.5 Å². The molecule has 2 N–H and O–H groups in total. The first-order valence-corrected chi connectivity index (χ1v) is 8.31. The van der Waals surface area contributed by atoms with Gasteiger partial charge in [-0.1, -0.05) is 30.5 Å². The summed E-state index contributed by atoms with van der Waals surface area (Å²) in [6, 6.07) is 5.84. The van der Waals surface area contributed by atoms with Crippen molar-refractivity contribution in [2.24, 2.45) is 5.73 Å². The van der Waals surface area contributed by atoms with Crippen molar-refractivity contribution in [1.29, 1.82) is 0 Å². The summed E-state index contributed by atoms with van der Waals surface area (Å²) in [4.78, 5) is 0. The highest BCUT2D eigenvalue weighted by molar-refractivity contribution is 6.32. The van der Waals surface area contributed by atoms with Crippen molar-refractivity contribution >= 4 is 11.6 Å². The summed E-state index contributed by atoms with van der Waals surface area (Å²) in [5, 5.41) is 0.650. The summed E-state index contributed by atoms with van der Waals surface area (Å²) in [5.74, 6) is 0.765. The number of hydrogen-bond acceptors (Lipinski definition) is 3. The molecular weight excluding hydrogens is 286 g/mol. The van der Waals surface area contributed by atoms with E-state index in [1.807, 2.05) is 25.1 Å². The Hall–Kier alpha value is -0.770. The van der Waals surface area contributed by atoms with Crippen LogP contribution >= 0.6 is 11.6 Å². The molecule has 1 saturated heterocycles. The van der Waals surface area contributed by atoms with Crippen LogP contribution in [0, 0.1) is 0 Å². The highest BCUT2D eigenvalue weighted by Crippen LogP contribution is 2.41. The van der Waals surface area contributed by atoms with E-state index in [2.05, 4.69) is 0 Å². The molecule has 1 saturated carbocycles. The smallest absolute Gasteiger partial charge is 0.138 e. The van der Waals surface area contributed by atoms with E-state index in [0.717, 1.165) is 30.8 Å². The van der Waals surface area contributed by atoms with Crippen LogP contribution in [-0.2, 0) is 4.74 Å². The predicted molar refractivity (Wildman–Crippen MR) is 84.9 cm³/mol. The lowest BCUT2D eigenvalue weighted by atomic mass is 9.90. The molecule has 21 heavy (non-hydrogen) atoms. The average molecular weight is 310 g/mol. The van der Waals surface area contributed by atoms with Crippen LogP contribution in [0.25, 0.3) is 0 Å². The van der Waals surface area contributed by atoms with Crippen molar-refractivity contribution in [1.82, 2.24) is 0 Å². The lowest BCUT2D eigenvalue weighted by Crippen LogP contribution is -2.41. The van der Waals surface area contributed by atoms with Gasteiger partial charge < -0.3 is 15.2 Å². The number of hydrogen-bond donors (Lipinski definition) is 1. The van der Waals surface area contributed by atoms with Crippen molar-refractivity contribution < 1.29 is 9.47 Å². The first-order chi connectivity index (χ1) is 10.1. The van der Waals surface area contributed by atoms with E-state index in [9.17, 15) is 0 Å². The fraction of sp³-hybridized carbons (Fsp3) is 0.647. The Balaban J connectivity index is 1.68. The summed E-state index contributed by atoms with van der Waals surface area (Å²) < 4.78 is 12.2. The molecule has 1 spiro atoms. The summed E-state index contributed by atoms with van der Waals surface area (Å²) in [6.45, 7) is 2.74. The second kappa shape index (κ2) is 6.15. The van der Waals surface area contributed by atoms with Crippen molar-refractivity contribution in [3.8, 4) is 5.75 Å². The standard InChI is InChI=1S/C17H24ClNO2/c1-12(19)13-4-5-16(15(18)10-13)21-14-6-9-20-17(11-14)7-2-3-8-17/h4-5,10,12,14H,2-3,6-9,11,19H2,1H3/t12-,14?/m0/s1. The quantitative estimate of drug-likeness (QED) is 0.908. The summed E-state index contributed by atoms with van der Waals surface area (Å²) in [5.41, 5.74) is 6.98. The van der Waals surface area contributed by atoms with E-state index < -0.39 is 0 Å². The zero-order valence-corrected chi connectivity index (χ0v) is 13.4. The third-order valence-electron chi connectivity index (χ3n) is 4.74. The van der Waals surface area contributed by atoms with E-state index in [1.54, 1.807) is 0 Å². The highest BCUT2D eigenvalue weighted by atomic mass is 35.5. The molecule has 0 radical (unpaired) electrons. The van der Waals surface area contributed by atoms with E-state index in [0.29, 0.717) is 5.02 Å². The molecule has 3 nitrogen and oxygen atoms in total. The Morgan fingerprint density at radius 3 is 2.81 bits per heavy atom. The minimum atomic E-state index is -0.0126. The van der Waals surface area contributed by atoms with Gasteiger partial charge in [-0.15, -0.1) is 0 Å². The van der Waals surface area contributed by atoms with Crippen LogP contribution in [0.15, 0.2) is 18.2 Å². The maximum absolute atomic E-state index is 6.33. The van der Waals surface area contributed by atoms with Crippen LogP contribution in [0.2, 0.25) is 5.02 Å². The fourth-order valence-electron chi connectivity index (χ4n) is 3.53. The van der Waals surface area contributed by atoms with Gasteiger partial charge in [0, 0.05) is 18.9 Å². The SMILES string of the molecule is C[C@H](N)c1ccc(OC2CCOC3(CCCC3)C2)c(Cl)c1. The molecule has 1 unspecified atom stereocenters. The average Bonchev–Trinajstić information content (AvgIpc) is 2.89. The second-order valence-corrected chi connectivity index (χ2v) is 6.86. The molecule has 1 aromatic carbocycles. The highest BCUT2D eigenvalue weighted by Gasteiger charge is 2.40. The van der Waals surface area contributed by atoms with Crippen LogP contribution in [0.5, 0.6) is 5.75 Å². The van der Waals surface area contributed by atoms with Crippen LogP contribution in [0.3, 0.4) is 0 Å². The van der Waals surface area contributed by atoms with Gasteiger partial charge in [0.25, 0.3) is 0 Å². The minimum absolute atomic E-state index is 0.0126. The molecule has 0 amide bonds. The Morgan fingerprint density at radius 2 is 2.14 bits per heavy atom. The molecule has 1 aromatic rings. The monoisotopic (exact) mass is 309 g/mol. The molecule has 1 heterocycles. The fourth-order valence-corrected chi connectivity index (χ4v) is 3.76. The number of benzene rings is 1. The molecule has 1 aliphatic heterocycles. The molecule has 2 atom stereocenters. The normalized spacial score (nSPS) is 26.0. The van der Waals surface area contributed by atoms with Crippen molar-refractivity contribution in [2.45, 2.75) is 63.2 Å². The molecular formula is C17H24ClNO2. The van der Waals surface area contributed by atoms with E-state index in [1.165, 1.54) is 25.7 Å². The molecule has 4 heteroatoms. The van der Waals surface area contributed by atoms with Gasteiger partial charge in [0.2, 0.25) is 0 Å². The van der Waals surface area contributed by atoms with Gasteiger partial charge in [0.1, 0.15) is 11.9 Å². The molecule has 2 aliphatic rings. The van der Waals surface area contributed by atoms with E-state index in [4.69, 9.17) is 26.8 Å². The van der Waals surface area contributed by atoms with Gasteiger partial charge in [-0.25, -0.2) is 0 Å². The Labute approximate surface area is 131 Å². The topological polar surface area (TPSA) is 44.5 Å². The van der Waals surface area contributed by atoms with Crippen LogP contribution in [0.1, 0.15) is 57.1 Å². The van der Waals surface area contributed by atoms with Gasteiger partial charge in [0.15, 0.2) is 0 Å². The van der Waals surface area contributed by atoms with Gasteiger partial charge in [-0.3, -0.25) is 0 Å². The Kier molecular flexibility index (Phi) is 4.43. The minimum Gasteiger partial charge on any atom is -0.489 e. The third kappa shape index (κ3) is 3.36. The van der Waals surface area contributed by atoms with Gasteiger partial charge in [0.05, 0.1) is 17.2 Å². The molecule has 0 bridgehead atoms. The van der Waals surface area contributed by atoms with Gasteiger partial charge >= 0.3 is 0 Å². The van der Waals surface area contributed by atoms with Crippen molar-refractivity contribution in [3.63, 3.8) is 0 Å². The molecule has 116 valence electrons. The number of nitrogens with two attached hydrogens (primary N) is 1. The van der Waals surface area contributed by atoms with Crippen LogP contribution in [-0.4, -0.2) is 18.3 Å². The second-order valence-electron chi connectivity index (χ2n) is 6.45. The number of rotatable bonds is 3. The van der Waals surface area contributed by atoms with Crippen LogP contribution in [0.4, 0.5) is 0 Å². The van der Waals surface area contributed by atoms with E-state index in [-0.39, 0.29) is 17.7 Å². The first-order valence-electron chi connectivity index (χ1n) is 7.94. The number of ether oxygens (including phenoxy) is 2. The van der Waals surface area contributed by atoms with Gasteiger partial charge in [-0.05, 0) is 37.5 Å². The lowest BCUT2D eigenvalue weighted by molar-refractivity contribution is -0.108. The van der Waals surface area contributed by atoms with Crippen molar-refractivity contribution in [3.05, 3.63) is 28.8 Å². The Bertz CT molecular complexity index is 498. The van der Waals surface area contributed by atoms with E-state index >= 15 is 0 Å². The zero-order chi connectivity index (χ0) is 14.9. The maximum Gasteiger partial charge on any atom is 0.138 e. The molecule has 0 aromatic heterocycles. The van der Waals surface area contributed by atoms with Gasteiger partial charge in [-0.2, -0.15) is 0 Å². The lowest BCUT2D eigenvalue weighted by Gasteiger charge is -2.38. The summed E-state index contributed by atoms with van der Waals surface area (Å²) in [7, 11) is 0.